The third-order valence-corrected chi connectivity index (χ3v) is 6.43. The average Bonchev–Trinajstić information content (AvgIpc) is 3.08. The van der Waals surface area contributed by atoms with E-state index in [1.54, 1.807) is 18.2 Å². The zero-order valence-electron chi connectivity index (χ0n) is 17.9. The zero-order valence-corrected chi connectivity index (χ0v) is 17.9. The van der Waals surface area contributed by atoms with E-state index >= 15 is 0 Å². The molecule has 3 aliphatic rings. The minimum absolute atomic E-state index is 0.0283. The molecule has 32 heavy (non-hydrogen) atoms. The fraction of sp³-hybridized carbons (Fsp3) is 0.400. The Morgan fingerprint density at radius 3 is 2.47 bits per heavy atom. The Hall–Kier alpha value is -3.35. The maximum atomic E-state index is 12.9. The van der Waals surface area contributed by atoms with Gasteiger partial charge in [-0.05, 0) is 55.2 Å². The van der Waals surface area contributed by atoms with Crippen molar-refractivity contribution >= 4 is 17.7 Å². The smallest absolute Gasteiger partial charge is 0.261 e. The molecule has 0 saturated heterocycles. The Kier molecular flexibility index (Phi) is 5.55. The van der Waals surface area contributed by atoms with E-state index in [1.807, 2.05) is 18.2 Å². The molecule has 0 unspecified atom stereocenters. The van der Waals surface area contributed by atoms with Gasteiger partial charge in [0.25, 0.3) is 17.7 Å². The molecular weight excluding hydrogens is 408 g/mol. The average molecular weight is 434 g/mol. The maximum absolute atomic E-state index is 12.9. The van der Waals surface area contributed by atoms with Crippen LogP contribution in [0, 0.1) is 0 Å². The van der Waals surface area contributed by atoms with Gasteiger partial charge in [0.05, 0.1) is 11.1 Å². The molecule has 2 aromatic carbocycles. The Morgan fingerprint density at radius 1 is 0.906 bits per heavy atom. The molecule has 2 aromatic rings. The van der Waals surface area contributed by atoms with Crippen molar-refractivity contribution in [3.05, 3.63) is 58.7 Å². The minimum atomic E-state index is -0.275. The Morgan fingerprint density at radius 2 is 1.66 bits per heavy atom. The Labute approximate surface area is 186 Å². The molecule has 1 fully saturated rings. The van der Waals surface area contributed by atoms with Crippen LogP contribution < -0.4 is 14.8 Å². The molecule has 2 aliphatic heterocycles. The van der Waals surface area contributed by atoms with Crippen LogP contribution in [0.15, 0.2) is 36.4 Å². The summed E-state index contributed by atoms with van der Waals surface area (Å²) in [7, 11) is 0. The predicted octanol–water partition coefficient (Wildman–Crippen LogP) is 3.36. The van der Waals surface area contributed by atoms with E-state index < -0.39 is 0 Å². The van der Waals surface area contributed by atoms with Gasteiger partial charge < -0.3 is 14.8 Å². The lowest BCUT2D eigenvalue weighted by molar-refractivity contribution is 0.0548. The largest absolute Gasteiger partial charge is 0.486 e. The van der Waals surface area contributed by atoms with E-state index in [9.17, 15) is 14.4 Å². The normalized spacial score (nSPS) is 17.9. The molecular formula is C25H26N2O5. The highest BCUT2D eigenvalue weighted by Crippen LogP contribution is 2.32. The summed E-state index contributed by atoms with van der Waals surface area (Å²) < 4.78 is 11.1. The van der Waals surface area contributed by atoms with Crippen molar-refractivity contribution in [3.63, 3.8) is 0 Å². The van der Waals surface area contributed by atoms with Gasteiger partial charge in [0.15, 0.2) is 11.5 Å². The van der Waals surface area contributed by atoms with Crippen LogP contribution in [0.5, 0.6) is 11.5 Å². The minimum Gasteiger partial charge on any atom is -0.486 e. The van der Waals surface area contributed by atoms with Crippen molar-refractivity contribution in [3.8, 4) is 11.5 Å². The summed E-state index contributed by atoms with van der Waals surface area (Å²) >= 11 is 0. The number of hydrogen-bond donors (Lipinski definition) is 1. The van der Waals surface area contributed by atoms with Crippen LogP contribution in [0.1, 0.15) is 68.7 Å². The van der Waals surface area contributed by atoms with Crippen LogP contribution >= 0.6 is 0 Å². The Balaban J connectivity index is 1.23. The van der Waals surface area contributed by atoms with E-state index in [0.29, 0.717) is 42.9 Å². The first kappa shape index (κ1) is 20.5. The van der Waals surface area contributed by atoms with Crippen LogP contribution in [0.4, 0.5) is 0 Å². The number of benzene rings is 2. The monoisotopic (exact) mass is 434 g/mol. The first-order valence-corrected chi connectivity index (χ1v) is 11.3. The van der Waals surface area contributed by atoms with Crippen LogP contribution in [-0.4, -0.2) is 48.4 Å². The molecule has 0 radical (unpaired) electrons. The van der Waals surface area contributed by atoms with Gasteiger partial charge in [0.2, 0.25) is 0 Å². The van der Waals surface area contributed by atoms with E-state index in [0.717, 1.165) is 49.2 Å². The van der Waals surface area contributed by atoms with Crippen molar-refractivity contribution < 1.29 is 23.9 Å². The van der Waals surface area contributed by atoms with E-state index in [4.69, 9.17) is 9.47 Å². The van der Waals surface area contributed by atoms with E-state index in [1.165, 1.54) is 4.90 Å². The number of ether oxygens (including phenoxy) is 2. The Bertz CT molecular complexity index is 1070. The standard InChI is InChI=1S/C25H26N2O5/c28-23(26-11-10-16-6-9-21-22(14-16)32-13-12-31-21)17-7-8-19-20(15-17)25(30)27(24(19)29)18-4-2-1-3-5-18/h6-9,14-15,18H,1-5,10-13H2,(H,26,28). The SMILES string of the molecule is O=C(NCCc1ccc2c(c1)OCCO2)c1ccc2c(c1)C(=O)N(C1CCCCC1)C2=O. The fourth-order valence-electron chi connectivity index (χ4n) is 4.74. The fourth-order valence-corrected chi connectivity index (χ4v) is 4.74. The molecule has 0 spiro atoms. The summed E-state index contributed by atoms with van der Waals surface area (Å²) in [5, 5.41) is 2.90. The molecule has 1 N–H and O–H groups in total. The topological polar surface area (TPSA) is 84.9 Å². The molecule has 2 heterocycles. The lowest BCUT2D eigenvalue weighted by Gasteiger charge is -2.29. The molecule has 166 valence electrons. The van der Waals surface area contributed by atoms with Gasteiger partial charge >= 0.3 is 0 Å². The van der Waals surface area contributed by atoms with Crippen LogP contribution in [-0.2, 0) is 6.42 Å². The number of nitrogens with one attached hydrogen (secondary N) is 1. The number of imide groups is 1. The van der Waals surface area contributed by atoms with Gasteiger partial charge in [-0.15, -0.1) is 0 Å². The van der Waals surface area contributed by atoms with Gasteiger partial charge in [-0.1, -0.05) is 25.3 Å². The third kappa shape index (κ3) is 3.83. The van der Waals surface area contributed by atoms with Crippen LogP contribution in [0.2, 0.25) is 0 Å². The number of hydrogen-bond acceptors (Lipinski definition) is 5. The number of rotatable bonds is 5. The molecule has 7 heteroatoms. The quantitative estimate of drug-likeness (QED) is 0.730. The summed E-state index contributed by atoms with van der Waals surface area (Å²) in [6.07, 6.45) is 5.58. The molecule has 1 aliphatic carbocycles. The molecule has 5 rings (SSSR count). The second kappa shape index (κ2) is 8.65. The van der Waals surface area contributed by atoms with Gasteiger partial charge in [0.1, 0.15) is 13.2 Å². The first-order valence-electron chi connectivity index (χ1n) is 11.3. The number of fused-ring (bicyclic) bond motifs is 2. The van der Waals surface area contributed by atoms with Crippen molar-refractivity contribution in [2.75, 3.05) is 19.8 Å². The molecule has 0 atom stereocenters. The van der Waals surface area contributed by atoms with Gasteiger partial charge in [-0.2, -0.15) is 0 Å². The lowest BCUT2D eigenvalue weighted by Crippen LogP contribution is -2.40. The summed E-state index contributed by atoms with van der Waals surface area (Å²) in [4.78, 5) is 39.8. The summed E-state index contributed by atoms with van der Waals surface area (Å²) in [5.74, 6) is 0.695. The summed E-state index contributed by atoms with van der Waals surface area (Å²) in [5.41, 5.74) is 2.15. The second-order valence-electron chi connectivity index (χ2n) is 8.52. The summed E-state index contributed by atoms with van der Waals surface area (Å²) in [6, 6.07) is 10.5. The molecule has 0 bridgehead atoms. The number of carbonyl (C=O) groups is 3. The maximum Gasteiger partial charge on any atom is 0.261 e. The van der Waals surface area contributed by atoms with Crippen LogP contribution in [0.25, 0.3) is 0 Å². The number of nitrogens with zero attached hydrogens (tertiary/aromatic N) is 1. The molecule has 7 nitrogen and oxygen atoms in total. The number of carbonyl (C=O) groups excluding carboxylic acids is 3. The van der Waals surface area contributed by atoms with E-state index in [2.05, 4.69) is 5.32 Å². The van der Waals surface area contributed by atoms with E-state index in [-0.39, 0.29) is 23.8 Å². The van der Waals surface area contributed by atoms with Gasteiger partial charge in [-0.3, -0.25) is 19.3 Å². The first-order chi connectivity index (χ1) is 15.6. The van der Waals surface area contributed by atoms with Crippen molar-refractivity contribution in [1.29, 1.82) is 0 Å². The molecule has 1 saturated carbocycles. The highest BCUT2D eigenvalue weighted by molar-refractivity contribution is 6.22. The van der Waals surface area contributed by atoms with Gasteiger partial charge in [0, 0.05) is 18.2 Å². The van der Waals surface area contributed by atoms with Crippen LogP contribution in [0.3, 0.4) is 0 Å². The zero-order chi connectivity index (χ0) is 22.1. The lowest BCUT2D eigenvalue weighted by atomic mass is 9.94. The second-order valence-corrected chi connectivity index (χ2v) is 8.52. The highest BCUT2D eigenvalue weighted by atomic mass is 16.6. The van der Waals surface area contributed by atoms with Crippen molar-refractivity contribution in [2.24, 2.45) is 0 Å². The summed E-state index contributed by atoms with van der Waals surface area (Å²) in [6.45, 7) is 1.53. The predicted molar refractivity (Wildman–Crippen MR) is 117 cm³/mol. The van der Waals surface area contributed by atoms with Crippen molar-refractivity contribution in [1.82, 2.24) is 10.2 Å². The molecule has 3 amide bonds. The third-order valence-electron chi connectivity index (χ3n) is 6.43. The van der Waals surface area contributed by atoms with Gasteiger partial charge in [-0.25, -0.2) is 0 Å². The molecule has 0 aromatic heterocycles. The highest BCUT2D eigenvalue weighted by Gasteiger charge is 2.40. The van der Waals surface area contributed by atoms with Crippen molar-refractivity contribution in [2.45, 2.75) is 44.6 Å². The number of amides is 3.